The Hall–Kier alpha value is -1.17. The number of amides is 1. The molecule has 0 bridgehead atoms. The second-order valence-corrected chi connectivity index (χ2v) is 6.63. The normalized spacial score (nSPS) is 11.3. The van der Waals surface area contributed by atoms with E-state index in [1.165, 1.54) is 28.4 Å². The Kier molecular flexibility index (Phi) is 6.17. The zero-order valence-electron chi connectivity index (χ0n) is 12.8. The molecule has 1 heterocycles. The highest BCUT2D eigenvalue weighted by Crippen LogP contribution is 2.35. The highest BCUT2D eigenvalue weighted by Gasteiger charge is 2.17. The molecule has 1 aromatic heterocycles. The molecule has 0 atom stereocenters. The van der Waals surface area contributed by atoms with Crippen molar-refractivity contribution < 1.29 is 14.1 Å². The van der Waals surface area contributed by atoms with Crippen LogP contribution in [0.25, 0.3) is 10.1 Å². The first-order chi connectivity index (χ1) is 10.6. The van der Waals surface area contributed by atoms with Gasteiger partial charge in [0.05, 0.1) is 24.7 Å². The van der Waals surface area contributed by atoms with E-state index in [9.17, 15) is 9.18 Å². The van der Waals surface area contributed by atoms with Crippen molar-refractivity contribution in [2.24, 2.45) is 0 Å². The molecule has 0 spiro atoms. The number of hydrogen-bond donors (Lipinski definition) is 2. The van der Waals surface area contributed by atoms with Crippen LogP contribution < -0.4 is 10.2 Å². The second-order valence-electron chi connectivity index (χ2n) is 5.20. The molecule has 120 valence electrons. The first kappa shape index (κ1) is 17.2. The molecule has 2 rings (SSSR count). The fourth-order valence-corrected chi connectivity index (χ4v) is 3.87. The summed E-state index contributed by atoms with van der Waals surface area (Å²) in [5, 5.41) is 4.04. The summed E-state index contributed by atoms with van der Waals surface area (Å²) >= 11 is 7.47. The fourth-order valence-electron chi connectivity index (χ4n) is 2.41. The zero-order valence-corrected chi connectivity index (χ0v) is 14.4. The molecular formula is C16H21ClFN2OS+. The van der Waals surface area contributed by atoms with E-state index < -0.39 is 0 Å². The first-order valence-electron chi connectivity index (χ1n) is 7.56. The number of nitrogens with one attached hydrogen (secondary N) is 2. The van der Waals surface area contributed by atoms with Gasteiger partial charge in [-0.25, -0.2) is 4.39 Å². The molecule has 22 heavy (non-hydrogen) atoms. The van der Waals surface area contributed by atoms with Crippen molar-refractivity contribution in [1.29, 1.82) is 0 Å². The standard InChI is InChI=1S/C16H20ClFN2OS/c1-3-20(4-2)9-5-8-19-16(21)15-14(17)12-7-6-11(18)10-13(12)22-15/h6-7,10H,3-5,8-9H2,1-2H3,(H,19,21)/p+1. The third-order valence-electron chi connectivity index (χ3n) is 3.79. The van der Waals surface area contributed by atoms with Crippen molar-refractivity contribution in [3.05, 3.63) is 33.9 Å². The Bertz CT molecular complexity index is 655. The van der Waals surface area contributed by atoms with Gasteiger partial charge in [0.2, 0.25) is 0 Å². The van der Waals surface area contributed by atoms with Crippen LogP contribution in [0.3, 0.4) is 0 Å². The Morgan fingerprint density at radius 1 is 1.36 bits per heavy atom. The molecule has 0 unspecified atom stereocenters. The molecule has 0 saturated carbocycles. The first-order valence-corrected chi connectivity index (χ1v) is 8.75. The number of carbonyl (C=O) groups excluding carboxylic acids is 1. The number of carbonyl (C=O) groups is 1. The minimum Gasteiger partial charge on any atom is -0.351 e. The van der Waals surface area contributed by atoms with Crippen LogP contribution in [0.5, 0.6) is 0 Å². The van der Waals surface area contributed by atoms with E-state index in [4.69, 9.17) is 11.6 Å². The number of hydrogen-bond acceptors (Lipinski definition) is 2. The monoisotopic (exact) mass is 343 g/mol. The summed E-state index contributed by atoms with van der Waals surface area (Å²) in [6.07, 6.45) is 0.930. The lowest BCUT2D eigenvalue weighted by atomic mass is 10.2. The number of rotatable bonds is 7. The summed E-state index contributed by atoms with van der Waals surface area (Å²) in [5.74, 6) is -0.499. The fraction of sp³-hybridized carbons (Fsp3) is 0.438. The maximum absolute atomic E-state index is 13.2. The Labute approximate surface area is 139 Å². The van der Waals surface area contributed by atoms with Crippen LogP contribution in [-0.4, -0.2) is 32.1 Å². The summed E-state index contributed by atoms with van der Waals surface area (Å²) in [4.78, 5) is 14.2. The van der Waals surface area contributed by atoms with Crippen LogP contribution >= 0.6 is 22.9 Å². The van der Waals surface area contributed by atoms with Crippen molar-refractivity contribution in [2.45, 2.75) is 20.3 Å². The van der Waals surface area contributed by atoms with E-state index in [0.29, 0.717) is 21.1 Å². The third-order valence-corrected chi connectivity index (χ3v) is 5.45. The van der Waals surface area contributed by atoms with E-state index in [1.54, 1.807) is 6.07 Å². The average molecular weight is 344 g/mol. The predicted molar refractivity (Wildman–Crippen MR) is 90.7 cm³/mol. The van der Waals surface area contributed by atoms with Crippen LogP contribution in [0.4, 0.5) is 4.39 Å². The quantitative estimate of drug-likeness (QED) is 0.745. The van der Waals surface area contributed by atoms with E-state index >= 15 is 0 Å². The highest BCUT2D eigenvalue weighted by molar-refractivity contribution is 7.21. The molecule has 6 heteroatoms. The van der Waals surface area contributed by atoms with Gasteiger partial charge in [0.1, 0.15) is 10.7 Å². The highest BCUT2D eigenvalue weighted by atomic mass is 35.5. The summed E-state index contributed by atoms with van der Waals surface area (Å²) in [7, 11) is 0. The average Bonchev–Trinajstić information content (AvgIpc) is 2.83. The summed E-state index contributed by atoms with van der Waals surface area (Å²) in [6.45, 7) is 8.18. The van der Waals surface area contributed by atoms with Crippen LogP contribution in [0.1, 0.15) is 29.9 Å². The lowest BCUT2D eigenvalue weighted by Crippen LogP contribution is -3.11. The molecule has 0 aliphatic heterocycles. The molecule has 0 radical (unpaired) electrons. The van der Waals surface area contributed by atoms with E-state index in [-0.39, 0.29) is 11.7 Å². The Morgan fingerprint density at radius 3 is 2.77 bits per heavy atom. The van der Waals surface area contributed by atoms with Crippen LogP contribution in [0.2, 0.25) is 5.02 Å². The Balaban J connectivity index is 1.97. The van der Waals surface area contributed by atoms with Gasteiger partial charge in [-0.3, -0.25) is 4.79 Å². The molecule has 2 aromatic rings. The van der Waals surface area contributed by atoms with Crippen LogP contribution in [0.15, 0.2) is 18.2 Å². The minimum atomic E-state index is -0.320. The van der Waals surface area contributed by atoms with E-state index in [0.717, 1.165) is 31.4 Å². The smallest absolute Gasteiger partial charge is 0.262 e. The lowest BCUT2D eigenvalue weighted by Gasteiger charge is -2.15. The number of benzene rings is 1. The van der Waals surface area contributed by atoms with Gasteiger partial charge in [-0.1, -0.05) is 11.6 Å². The van der Waals surface area contributed by atoms with Crippen molar-refractivity contribution in [2.75, 3.05) is 26.2 Å². The molecule has 2 N–H and O–H groups in total. The number of fused-ring (bicyclic) bond motifs is 1. The maximum Gasteiger partial charge on any atom is 0.262 e. The lowest BCUT2D eigenvalue weighted by molar-refractivity contribution is -0.896. The largest absolute Gasteiger partial charge is 0.351 e. The molecule has 0 aliphatic rings. The molecule has 0 fully saturated rings. The third kappa shape index (κ3) is 3.97. The van der Waals surface area contributed by atoms with Gasteiger partial charge in [-0.2, -0.15) is 0 Å². The predicted octanol–water partition coefficient (Wildman–Crippen LogP) is 2.74. The summed E-state index contributed by atoms with van der Waals surface area (Å²) < 4.78 is 13.9. The minimum absolute atomic E-state index is 0.179. The van der Waals surface area contributed by atoms with Gasteiger partial charge < -0.3 is 10.2 Å². The molecule has 1 aromatic carbocycles. The molecular weight excluding hydrogens is 323 g/mol. The van der Waals surface area contributed by atoms with Crippen molar-refractivity contribution in [1.82, 2.24) is 5.32 Å². The number of thiophene rings is 1. The van der Waals surface area contributed by atoms with Gasteiger partial charge in [0.15, 0.2) is 0 Å². The van der Waals surface area contributed by atoms with Crippen molar-refractivity contribution >= 4 is 38.9 Å². The molecule has 1 amide bonds. The number of quaternary nitrogens is 1. The van der Waals surface area contributed by atoms with Crippen LogP contribution in [0, 0.1) is 5.82 Å². The van der Waals surface area contributed by atoms with Crippen LogP contribution in [-0.2, 0) is 0 Å². The van der Waals surface area contributed by atoms with Crippen molar-refractivity contribution in [3.63, 3.8) is 0 Å². The molecule has 0 aliphatic carbocycles. The molecule has 3 nitrogen and oxygen atoms in total. The number of halogens is 2. The van der Waals surface area contributed by atoms with Crippen molar-refractivity contribution in [3.8, 4) is 0 Å². The topological polar surface area (TPSA) is 33.5 Å². The Morgan fingerprint density at radius 2 is 2.09 bits per heavy atom. The zero-order chi connectivity index (χ0) is 16.1. The van der Waals surface area contributed by atoms with E-state index in [1.807, 2.05) is 0 Å². The summed E-state index contributed by atoms with van der Waals surface area (Å²) in [5.41, 5.74) is 0. The maximum atomic E-state index is 13.2. The second kappa shape index (κ2) is 7.90. The summed E-state index contributed by atoms with van der Waals surface area (Å²) in [6, 6.07) is 4.38. The van der Waals surface area contributed by atoms with E-state index in [2.05, 4.69) is 19.2 Å². The van der Waals surface area contributed by atoms with Gasteiger partial charge in [-0.15, -0.1) is 11.3 Å². The molecule has 0 saturated heterocycles. The SMILES string of the molecule is CC[NH+](CC)CCCNC(=O)c1sc2cc(F)ccc2c1Cl. The van der Waals surface area contributed by atoms with Gasteiger partial charge in [0, 0.05) is 23.1 Å². The van der Waals surface area contributed by atoms with Gasteiger partial charge >= 0.3 is 0 Å². The van der Waals surface area contributed by atoms with Gasteiger partial charge in [0.25, 0.3) is 5.91 Å². The van der Waals surface area contributed by atoms with Gasteiger partial charge in [-0.05, 0) is 32.0 Å².